The van der Waals surface area contributed by atoms with E-state index in [2.05, 4.69) is 36.7 Å². The highest BCUT2D eigenvalue weighted by Gasteiger charge is 2.44. The lowest BCUT2D eigenvalue weighted by atomic mass is 9.83. The van der Waals surface area contributed by atoms with E-state index in [9.17, 15) is 14.4 Å². The molecule has 7 rings (SSSR count). The molecule has 6 fully saturated rings. The Morgan fingerprint density at radius 1 is 0.500 bits per heavy atom. The van der Waals surface area contributed by atoms with Crippen molar-refractivity contribution < 1.29 is 14.4 Å². The molecule has 3 amide bonds. The Morgan fingerprint density at radius 3 is 1.00 bits per heavy atom. The molecule has 0 spiro atoms. The number of nitrogens with one attached hydrogen (secondary N) is 3. The van der Waals surface area contributed by atoms with Gasteiger partial charge >= 0.3 is 0 Å². The highest BCUT2D eigenvalue weighted by molar-refractivity contribution is 6.04. The monoisotopic (exact) mass is 573 g/mol. The van der Waals surface area contributed by atoms with Crippen LogP contribution in [-0.2, 0) is 0 Å². The van der Waals surface area contributed by atoms with Crippen LogP contribution in [-0.4, -0.2) is 35.8 Å². The van der Waals surface area contributed by atoms with E-state index in [4.69, 9.17) is 0 Å². The number of rotatable bonds is 9. The molecule has 12 atom stereocenters. The van der Waals surface area contributed by atoms with Crippen LogP contribution in [0.5, 0.6) is 0 Å². The van der Waals surface area contributed by atoms with Crippen LogP contribution in [0.4, 0.5) is 0 Å². The molecule has 1 aromatic rings. The van der Waals surface area contributed by atoms with Gasteiger partial charge in [-0.1, -0.05) is 19.3 Å². The number of hydrogen-bond donors (Lipinski definition) is 3. The van der Waals surface area contributed by atoms with Gasteiger partial charge in [0.1, 0.15) is 0 Å². The molecule has 6 bridgehead atoms. The second-order valence-corrected chi connectivity index (χ2v) is 15.6. The highest BCUT2D eigenvalue weighted by Crippen LogP contribution is 2.51. The predicted octanol–water partition coefficient (Wildman–Crippen LogP) is 6.35. The van der Waals surface area contributed by atoms with E-state index in [1.165, 1.54) is 77.0 Å². The summed E-state index contributed by atoms with van der Waals surface area (Å²) in [5.74, 6) is 5.59. The molecule has 0 aliphatic heterocycles. The summed E-state index contributed by atoms with van der Waals surface area (Å²) in [6.07, 6.45) is 15.3. The molecule has 0 unspecified atom stereocenters. The standard InChI is InChI=1S/C36H51N3O3/c1-19(31-13-22-4-7-25(31)10-22)37-34(40)28-16-29(35(41)38-20(2)32-14-23-5-8-26(32)11-23)18-30(17-28)36(42)39-21(3)33-15-24-6-9-27(33)12-24/h16-27,31-33H,4-15H2,1-3H3,(H,37,40)(H,38,41)(H,39,42)/t19-,20-,21-,22+,23+,24+,25+,26+,27+,31-,32-,33-/m0/s1. The van der Waals surface area contributed by atoms with E-state index >= 15 is 0 Å². The van der Waals surface area contributed by atoms with Crippen LogP contribution in [0.1, 0.15) is 129 Å². The molecule has 6 aliphatic rings. The number of amides is 3. The lowest BCUT2D eigenvalue weighted by molar-refractivity contribution is 0.0914. The largest absolute Gasteiger partial charge is 0.349 e. The Morgan fingerprint density at radius 2 is 0.786 bits per heavy atom. The second-order valence-electron chi connectivity index (χ2n) is 15.6. The number of fused-ring (bicyclic) bond motifs is 6. The fourth-order valence-corrected chi connectivity index (χ4v) is 10.9. The maximum atomic E-state index is 13.6. The van der Waals surface area contributed by atoms with Crippen molar-refractivity contribution in [1.82, 2.24) is 16.0 Å². The average Bonchev–Trinajstić information content (AvgIpc) is 3.84. The summed E-state index contributed by atoms with van der Waals surface area (Å²) in [5.41, 5.74) is 1.22. The third-order valence-electron chi connectivity index (χ3n) is 13.1. The molecule has 6 heteroatoms. The molecule has 0 aromatic heterocycles. The van der Waals surface area contributed by atoms with Crippen molar-refractivity contribution >= 4 is 17.7 Å². The summed E-state index contributed by atoms with van der Waals surface area (Å²) in [5, 5.41) is 9.78. The Labute approximate surface area is 251 Å². The van der Waals surface area contributed by atoms with Gasteiger partial charge in [0.25, 0.3) is 17.7 Å². The van der Waals surface area contributed by atoms with E-state index in [1.54, 1.807) is 18.2 Å². The topological polar surface area (TPSA) is 87.3 Å². The normalized spacial score (nSPS) is 37.9. The van der Waals surface area contributed by atoms with Gasteiger partial charge in [0, 0.05) is 34.8 Å². The van der Waals surface area contributed by atoms with Crippen molar-refractivity contribution in [1.29, 1.82) is 0 Å². The third kappa shape index (κ3) is 5.41. The van der Waals surface area contributed by atoms with Crippen LogP contribution in [0.3, 0.4) is 0 Å². The first-order chi connectivity index (χ1) is 20.2. The molecule has 3 N–H and O–H groups in total. The van der Waals surface area contributed by atoms with Crippen molar-refractivity contribution in [2.24, 2.45) is 53.3 Å². The first kappa shape index (κ1) is 28.4. The quantitative estimate of drug-likeness (QED) is 0.322. The summed E-state index contributed by atoms with van der Waals surface area (Å²) < 4.78 is 0. The SMILES string of the molecule is C[C@H](NC(=O)c1cc(C(=O)N[C@@H](C)[C@@H]2C[C@@H]3CC[C@@H]2C3)cc(C(=O)N[C@@H](C)[C@@H]2C[C@@H]3CC[C@@H]2C3)c1)[C@@H]1C[C@@H]2CC[C@@H]1C2. The van der Waals surface area contributed by atoms with Crippen LogP contribution in [0.15, 0.2) is 18.2 Å². The van der Waals surface area contributed by atoms with E-state index in [0.29, 0.717) is 52.2 Å². The summed E-state index contributed by atoms with van der Waals surface area (Å²) >= 11 is 0. The van der Waals surface area contributed by atoms with Gasteiger partial charge in [-0.3, -0.25) is 14.4 Å². The van der Waals surface area contributed by atoms with Crippen molar-refractivity contribution in [3.8, 4) is 0 Å². The van der Waals surface area contributed by atoms with Gasteiger partial charge in [0.15, 0.2) is 0 Å². The van der Waals surface area contributed by atoms with Crippen LogP contribution in [0.2, 0.25) is 0 Å². The fourth-order valence-electron chi connectivity index (χ4n) is 10.9. The summed E-state index contributed by atoms with van der Waals surface area (Å²) in [6, 6.07) is 5.33. The molecule has 6 aliphatic carbocycles. The average molecular weight is 574 g/mol. The van der Waals surface area contributed by atoms with E-state index in [-0.39, 0.29) is 35.8 Å². The highest BCUT2D eigenvalue weighted by atomic mass is 16.2. The minimum atomic E-state index is -0.184. The lowest BCUT2D eigenvalue weighted by Gasteiger charge is -2.29. The van der Waals surface area contributed by atoms with Crippen LogP contribution in [0.25, 0.3) is 0 Å². The van der Waals surface area contributed by atoms with Crippen LogP contribution in [0, 0.1) is 53.3 Å². The van der Waals surface area contributed by atoms with E-state index < -0.39 is 0 Å². The lowest BCUT2D eigenvalue weighted by Crippen LogP contribution is -2.42. The minimum absolute atomic E-state index is 0.0816. The number of carbonyl (C=O) groups excluding carboxylic acids is 3. The van der Waals surface area contributed by atoms with Crippen LogP contribution >= 0.6 is 0 Å². The first-order valence-corrected chi connectivity index (χ1v) is 17.3. The number of hydrogen-bond acceptors (Lipinski definition) is 3. The van der Waals surface area contributed by atoms with Crippen LogP contribution < -0.4 is 16.0 Å². The van der Waals surface area contributed by atoms with Crippen molar-refractivity contribution in [3.63, 3.8) is 0 Å². The van der Waals surface area contributed by atoms with Crippen molar-refractivity contribution in [3.05, 3.63) is 34.9 Å². The first-order valence-electron chi connectivity index (χ1n) is 17.3. The number of benzene rings is 1. The molecule has 42 heavy (non-hydrogen) atoms. The second kappa shape index (κ2) is 11.3. The molecule has 228 valence electrons. The zero-order valence-electron chi connectivity index (χ0n) is 25.9. The predicted molar refractivity (Wildman–Crippen MR) is 164 cm³/mol. The Bertz CT molecular complexity index is 1070. The van der Waals surface area contributed by atoms with Gasteiger partial charge in [-0.05, 0) is 150 Å². The minimum Gasteiger partial charge on any atom is -0.349 e. The van der Waals surface area contributed by atoms with E-state index in [1.807, 2.05) is 0 Å². The zero-order valence-corrected chi connectivity index (χ0v) is 25.9. The fraction of sp³-hybridized carbons (Fsp3) is 0.750. The van der Waals surface area contributed by atoms with Gasteiger partial charge in [0.2, 0.25) is 0 Å². The van der Waals surface area contributed by atoms with Gasteiger partial charge in [-0.25, -0.2) is 0 Å². The van der Waals surface area contributed by atoms with Crippen molar-refractivity contribution in [2.75, 3.05) is 0 Å². The molecular formula is C36H51N3O3. The third-order valence-corrected chi connectivity index (χ3v) is 13.1. The number of carbonyl (C=O) groups is 3. The summed E-state index contributed by atoms with van der Waals surface area (Å²) in [6.45, 7) is 6.38. The smallest absolute Gasteiger partial charge is 0.251 e. The molecule has 6 saturated carbocycles. The molecule has 1 aromatic carbocycles. The van der Waals surface area contributed by atoms with E-state index in [0.717, 1.165) is 17.8 Å². The Kier molecular flexibility index (Phi) is 7.63. The molecule has 0 saturated heterocycles. The molecule has 0 heterocycles. The van der Waals surface area contributed by atoms with Gasteiger partial charge in [-0.15, -0.1) is 0 Å². The Hall–Kier alpha value is -2.37. The van der Waals surface area contributed by atoms with Gasteiger partial charge in [0.05, 0.1) is 0 Å². The Balaban J connectivity index is 1.08. The van der Waals surface area contributed by atoms with Crippen molar-refractivity contribution in [2.45, 2.75) is 116 Å². The maximum absolute atomic E-state index is 13.6. The van der Waals surface area contributed by atoms with Gasteiger partial charge in [-0.2, -0.15) is 0 Å². The summed E-state index contributed by atoms with van der Waals surface area (Å²) in [7, 11) is 0. The molecule has 0 radical (unpaired) electrons. The van der Waals surface area contributed by atoms with Gasteiger partial charge < -0.3 is 16.0 Å². The molecular weight excluding hydrogens is 522 g/mol. The zero-order chi connectivity index (χ0) is 29.1. The maximum Gasteiger partial charge on any atom is 0.251 e. The summed E-state index contributed by atoms with van der Waals surface area (Å²) in [4.78, 5) is 40.9. The molecule has 6 nitrogen and oxygen atoms in total.